The molecule has 0 N–H and O–H groups in total. The maximum Gasteiger partial charge on any atom is 0.330 e. The molecular formula is C22H29N3O3. The zero-order valence-corrected chi connectivity index (χ0v) is 17.1. The minimum Gasteiger partial charge on any atom is -0.493 e. The molecule has 1 aromatic heterocycles. The van der Waals surface area contributed by atoms with Gasteiger partial charge in [0, 0.05) is 13.1 Å². The largest absolute Gasteiger partial charge is 0.493 e. The molecule has 0 unspecified atom stereocenters. The van der Waals surface area contributed by atoms with E-state index in [1.165, 1.54) is 0 Å². The Hall–Kier alpha value is -2.73. The monoisotopic (exact) mass is 383 g/mol. The van der Waals surface area contributed by atoms with Crippen LogP contribution in [0, 0.1) is 0 Å². The summed E-state index contributed by atoms with van der Waals surface area (Å²) >= 11 is 0. The van der Waals surface area contributed by atoms with Gasteiger partial charge in [-0.3, -0.25) is 14.0 Å². The molecule has 0 atom stereocenters. The number of nitrogens with zero attached hydrogens (tertiary/aromatic N) is 3. The summed E-state index contributed by atoms with van der Waals surface area (Å²) in [5, 5.41) is 0. The number of methoxy groups -OCH3 is 1. The van der Waals surface area contributed by atoms with Crippen molar-refractivity contribution in [3.05, 3.63) is 58.5 Å². The summed E-state index contributed by atoms with van der Waals surface area (Å²) in [5.41, 5.74) is 3.11. The van der Waals surface area contributed by atoms with Crippen molar-refractivity contribution < 1.29 is 9.47 Å². The Morgan fingerprint density at radius 3 is 2.36 bits per heavy atom. The second-order valence-corrected chi connectivity index (χ2v) is 6.92. The molecule has 150 valence electrons. The van der Waals surface area contributed by atoms with Gasteiger partial charge in [-0.15, -0.1) is 0 Å². The Bertz CT molecular complexity index is 990. The summed E-state index contributed by atoms with van der Waals surface area (Å²) in [6.45, 7) is 6.58. The highest BCUT2D eigenvalue weighted by Crippen LogP contribution is 2.28. The highest BCUT2D eigenvalue weighted by atomic mass is 16.5. The van der Waals surface area contributed by atoms with Gasteiger partial charge in [0.25, 0.3) is 0 Å². The molecule has 6 heteroatoms. The van der Waals surface area contributed by atoms with Crippen LogP contribution in [0.25, 0.3) is 11.0 Å². The third-order valence-electron chi connectivity index (χ3n) is 4.74. The summed E-state index contributed by atoms with van der Waals surface area (Å²) in [5.74, 6) is 1.47. The third kappa shape index (κ3) is 4.07. The molecule has 0 aliphatic carbocycles. The van der Waals surface area contributed by atoms with Crippen LogP contribution >= 0.6 is 0 Å². The van der Waals surface area contributed by atoms with Gasteiger partial charge in [0.1, 0.15) is 0 Å². The van der Waals surface area contributed by atoms with Crippen LogP contribution in [0.2, 0.25) is 0 Å². The Balaban J connectivity index is 1.83. The zero-order chi connectivity index (χ0) is 20.1. The molecule has 0 aliphatic heterocycles. The first-order valence-electron chi connectivity index (χ1n) is 9.75. The van der Waals surface area contributed by atoms with Crippen molar-refractivity contribution in [3.63, 3.8) is 0 Å². The highest BCUT2D eigenvalue weighted by Gasteiger charge is 2.14. The van der Waals surface area contributed by atoms with Gasteiger partial charge in [0.2, 0.25) is 0 Å². The fraction of sp³-hybridized carbons (Fsp3) is 0.409. The van der Waals surface area contributed by atoms with Gasteiger partial charge in [0.15, 0.2) is 11.5 Å². The molecule has 0 fully saturated rings. The van der Waals surface area contributed by atoms with Gasteiger partial charge in [-0.1, -0.05) is 25.1 Å². The number of fused-ring (bicyclic) bond motifs is 1. The van der Waals surface area contributed by atoms with E-state index in [0.29, 0.717) is 19.8 Å². The second-order valence-electron chi connectivity index (χ2n) is 6.92. The molecule has 3 rings (SSSR count). The van der Waals surface area contributed by atoms with Crippen LogP contribution < -0.4 is 15.2 Å². The number of para-hydroxylation sites is 2. The Morgan fingerprint density at radius 2 is 1.71 bits per heavy atom. The summed E-state index contributed by atoms with van der Waals surface area (Å²) in [6, 6.07) is 13.9. The van der Waals surface area contributed by atoms with E-state index in [0.717, 1.165) is 41.1 Å². The van der Waals surface area contributed by atoms with E-state index < -0.39 is 0 Å². The van der Waals surface area contributed by atoms with Crippen molar-refractivity contribution in [3.8, 4) is 11.5 Å². The van der Waals surface area contributed by atoms with Crippen LogP contribution in [0.15, 0.2) is 47.3 Å². The number of rotatable bonds is 9. The molecular weight excluding hydrogens is 354 g/mol. The predicted molar refractivity (Wildman–Crippen MR) is 112 cm³/mol. The van der Waals surface area contributed by atoms with Crippen LogP contribution in [-0.2, 0) is 19.8 Å². The zero-order valence-electron chi connectivity index (χ0n) is 17.1. The number of imidazole rings is 1. The lowest BCUT2D eigenvalue weighted by molar-refractivity contribution is 0.258. The quantitative estimate of drug-likeness (QED) is 0.565. The Morgan fingerprint density at radius 1 is 1.00 bits per heavy atom. The lowest BCUT2D eigenvalue weighted by Gasteiger charge is -2.18. The van der Waals surface area contributed by atoms with Crippen LogP contribution in [0.5, 0.6) is 11.5 Å². The third-order valence-corrected chi connectivity index (χ3v) is 4.74. The van der Waals surface area contributed by atoms with Gasteiger partial charge in [-0.25, -0.2) is 4.79 Å². The molecule has 0 saturated carbocycles. The maximum atomic E-state index is 12.9. The smallest absolute Gasteiger partial charge is 0.330 e. The minimum absolute atomic E-state index is 0.0409. The molecule has 28 heavy (non-hydrogen) atoms. The average Bonchev–Trinajstić information content (AvgIpc) is 2.95. The lowest BCUT2D eigenvalue weighted by Crippen LogP contribution is -2.31. The van der Waals surface area contributed by atoms with Gasteiger partial charge >= 0.3 is 5.69 Å². The SMILES string of the molecule is CCCn1c(=O)n(CN(C)Cc2ccc(OCC)c(OC)c2)c2ccccc21. The normalized spacial score (nSPS) is 11.3. The maximum absolute atomic E-state index is 12.9. The molecule has 0 aliphatic rings. The first kappa shape index (κ1) is 20.0. The molecule has 0 spiro atoms. The topological polar surface area (TPSA) is 48.6 Å². The van der Waals surface area contributed by atoms with Crippen molar-refractivity contribution in [1.29, 1.82) is 0 Å². The van der Waals surface area contributed by atoms with Gasteiger partial charge < -0.3 is 9.47 Å². The van der Waals surface area contributed by atoms with E-state index in [4.69, 9.17) is 9.47 Å². The molecule has 0 radical (unpaired) electrons. The van der Waals surface area contributed by atoms with E-state index in [9.17, 15) is 4.79 Å². The van der Waals surface area contributed by atoms with Crippen LogP contribution in [0.1, 0.15) is 25.8 Å². The fourth-order valence-electron chi connectivity index (χ4n) is 3.54. The van der Waals surface area contributed by atoms with Crippen molar-refractivity contribution >= 4 is 11.0 Å². The predicted octanol–water partition coefficient (Wildman–Crippen LogP) is 3.71. The van der Waals surface area contributed by atoms with Gasteiger partial charge in [-0.2, -0.15) is 0 Å². The van der Waals surface area contributed by atoms with E-state index in [1.807, 2.05) is 65.6 Å². The van der Waals surface area contributed by atoms with E-state index in [-0.39, 0.29) is 5.69 Å². The van der Waals surface area contributed by atoms with Gasteiger partial charge in [0.05, 0.1) is 31.4 Å². The number of benzene rings is 2. The molecule has 0 saturated heterocycles. The fourth-order valence-corrected chi connectivity index (χ4v) is 3.54. The van der Waals surface area contributed by atoms with Crippen molar-refractivity contribution in [2.24, 2.45) is 0 Å². The first-order valence-corrected chi connectivity index (χ1v) is 9.75. The molecule has 3 aromatic rings. The highest BCUT2D eigenvalue weighted by molar-refractivity contribution is 5.75. The standard InChI is InChI=1S/C22H29N3O3/c1-5-13-24-18-9-7-8-10-19(18)25(22(24)26)16-23(3)15-17-11-12-20(28-6-2)21(14-17)27-4/h7-12,14H,5-6,13,15-16H2,1-4H3. The van der Waals surface area contributed by atoms with E-state index in [2.05, 4.69) is 11.8 Å². The number of hydrogen-bond acceptors (Lipinski definition) is 4. The molecule has 6 nitrogen and oxygen atoms in total. The lowest BCUT2D eigenvalue weighted by atomic mass is 10.2. The number of hydrogen-bond donors (Lipinski definition) is 0. The molecule has 1 heterocycles. The molecule has 2 aromatic carbocycles. The average molecular weight is 383 g/mol. The minimum atomic E-state index is 0.0409. The van der Waals surface area contributed by atoms with E-state index >= 15 is 0 Å². The summed E-state index contributed by atoms with van der Waals surface area (Å²) in [7, 11) is 3.66. The number of aromatic nitrogens is 2. The Kier molecular flexibility index (Phi) is 6.41. The summed E-state index contributed by atoms with van der Waals surface area (Å²) in [4.78, 5) is 15.1. The van der Waals surface area contributed by atoms with Crippen molar-refractivity contribution in [2.45, 2.75) is 40.0 Å². The number of aryl methyl sites for hydroxylation is 1. The molecule has 0 bridgehead atoms. The van der Waals surface area contributed by atoms with Crippen LogP contribution in [0.3, 0.4) is 0 Å². The van der Waals surface area contributed by atoms with Gasteiger partial charge in [-0.05, 0) is 50.2 Å². The van der Waals surface area contributed by atoms with Crippen molar-refractivity contribution in [2.75, 3.05) is 20.8 Å². The summed E-state index contributed by atoms with van der Waals surface area (Å²) < 4.78 is 14.7. The number of ether oxygens (including phenoxy) is 2. The molecule has 0 amide bonds. The first-order chi connectivity index (χ1) is 13.6. The summed E-state index contributed by atoms with van der Waals surface area (Å²) in [6.07, 6.45) is 0.926. The van der Waals surface area contributed by atoms with Crippen LogP contribution in [0.4, 0.5) is 0 Å². The van der Waals surface area contributed by atoms with Crippen molar-refractivity contribution in [1.82, 2.24) is 14.0 Å². The Labute approximate surface area is 165 Å². The van der Waals surface area contributed by atoms with Crippen LogP contribution in [-0.4, -0.2) is 34.8 Å². The van der Waals surface area contributed by atoms with E-state index in [1.54, 1.807) is 7.11 Å². The second kappa shape index (κ2) is 8.97.